The Morgan fingerprint density at radius 3 is 0.571 bits per heavy atom. The molecule has 0 aliphatic heterocycles. The van der Waals surface area contributed by atoms with Crippen LogP contribution in [-0.4, -0.2) is 0 Å². The Balaban J connectivity index is -0.00000000900. The summed E-state index contributed by atoms with van der Waals surface area (Å²) in [6.45, 7) is 0. The third kappa shape index (κ3) is 834. The van der Waals surface area contributed by atoms with E-state index >= 15 is 0 Å². The molecule has 0 aromatic heterocycles. The molecule has 0 atom stereocenters. The molecular weight excluding hydrogens is 149 g/mol. The topological polar surface area (TPSA) is 149 Å². The van der Waals surface area contributed by atoms with Gasteiger partial charge in [-0.25, -0.2) is 0 Å². The summed E-state index contributed by atoms with van der Waals surface area (Å²) >= 11 is 0. The zero-order valence-electron chi connectivity index (χ0n) is 3.94. The average molecular weight is 159 g/mol. The molecule has 0 aromatic carbocycles. The van der Waals surface area contributed by atoms with E-state index in [-0.39, 0.29) is 19.5 Å². The molecule has 0 saturated heterocycles. The molecule has 0 unspecified atom stereocenters. The average Bonchev–Trinajstić information content (AvgIpc) is 1.81. The Hall–Kier alpha value is 0.383. The number of nitrogens with one attached hydrogen (secondary N) is 3. The van der Waals surface area contributed by atoms with Crippen LogP contribution < -0.4 is 17.5 Å². The van der Waals surface area contributed by atoms with Gasteiger partial charge in [-0.15, -0.1) is 0 Å². The van der Waals surface area contributed by atoms with Crippen molar-refractivity contribution in [2.45, 2.75) is 0 Å². The molecule has 7 heavy (non-hydrogen) atoms. The summed E-state index contributed by atoms with van der Waals surface area (Å²) in [6, 6.07) is 0. The second kappa shape index (κ2) is 1260. The zero-order valence-corrected chi connectivity index (χ0v) is 6.91. The summed E-state index contributed by atoms with van der Waals surface area (Å²) in [4.78, 5) is 0. The molecule has 0 bridgehead atoms. The monoisotopic (exact) mass is 157 g/mol. The predicted octanol–water partition coefficient (Wildman–Crippen LogP) is -0.266. The van der Waals surface area contributed by atoms with Crippen LogP contribution in [0.4, 0.5) is 0 Å². The van der Waals surface area contributed by atoms with Crippen molar-refractivity contribution in [1.82, 2.24) is 0 Å². The molecule has 0 radical (unpaired) electrons. The number of nitrogens with two attached hydrogens (primary N) is 3. The van der Waals surface area contributed by atoms with Gasteiger partial charge in [0.25, 0.3) is 0 Å². The molecule has 0 aliphatic carbocycles. The normalized spacial score (nSPS) is 2.57. The van der Waals surface area contributed by atoms with E-state index in [4.69, 9.17) is 17.5 Å². The van der Waals surface area contributed by atoms with E-state index in [1.807, 2.05) is 0 Å². The quantitative estimate of drug-likeness (QED) is 0.253. The van der Waals surface area contributed by atoms with Gasteiger partial charge in [-0.05, 0) is 0 Å². The van der Waals surface area contributed by atoms with Gasteiger partial charge in [0.15, 0.2) is 0 Å². The van der Waals surface area contributed by atoms with Crippen LogP contribution >= 0.6 is 0 Å². The molecule has 0 saturated carbocycles. The van der Waals surface area contributed by atoms with E-state index in [0.29, 0.717) is 0 Å². The fourth-order valence-corrected chi connectivity index (χ4v) is 0. The van der Waals surface area contributed by atoms with Crippen LogP contribution in [0.25, 0.3) is 17.5 Å². The fraction of sp³-hybridized carbons (Fsp3) is 0. The molecule has 6 nitrogen and oxygen atoms in total. The van der Waals surface area contributed by atoms with Gasteiger partial charge >= 0.3 is 0 Å². The summed E-state index contributed by atoms with van der Waals surface area (Å²) in [5.74, 6) is 27.0. The van der Waals surface area contributed by atoms with Crippen LogP contribution in [0, 0.1) is 0 Å². The maximum atomic E-state index is 5.25. The van der Waals surface area contributed by atoms with Crippen LogP contribution in [0.3, 0.4) is 0 Å². The molecular formula is H9N6Zn-3. The summed E-state index contributed by atoms with van der Waals surface area (Å²) < 4.78 is 0. The summed E-state index contributed by atoms with van der Waals surface area (Å²) in [6.07, 6.45) is 0. The minimum absolute atomic E-state index is 0. The van der Waals surface area contributed by atoms with E-state index in [2.05, 4.69) is 17.5 Å². The minimum atomic E-state index is 0. The number of hydrogen-bond donors (Lipinski definition) is 3. The molecule has 7 heteroatoms. The van der Waals surface area contributed by atoms with Crippen LogP contribution in [-0.2, 0) is 19.5 Å². The van der Waals surface area contributed by atoms with Gasteiger partial charge in [0, 0.05) is 19.5 Å². The summed E-state index contributed by atoms with van der Waals surface area (Å²) in [5.41, 5.74) is 0. The van der Waals surface area contributed by atoms with Gasteiger partial charge in [0.2, 0.25) is 0 Å². The SMILES string of the molecule is [NH-]N.[NH-]N.[NH-]N.[Zn]. The third-order valence-electron chi connectivity index (χ3n) is 0. The van der Waals surface area contributed by atoms with E-state index in [1.54, 1.807) is 0 Å². The smallest absolute Gasteiger partial charge is 0 e. The van der Waals surface area contributed by atoms with Crippen molar-refractivity contribution >= 4 is 0 Å². The first-order valence-corrected chi connectivity index (χ1v) is 0.866. The van der Waals surface area contributed by atoms with E-state index in [9.17, 15) is 0 Å². The summed E-state index contributed by atoms with van der Waals surface area (Å²) in [5, 5.41) is 0. The third-order valence-corrected chi connectivity index (χ3v) is 0. The maximum Gasteiger partial charge on any atom is 0 e. The van der Waals surface area contributed by atoms with Gasteiger partial charge in [0.1, 0.15) is 0 Å². The standard InChI is InChI=1S/3H3N2.Zn/c3*1-2;/h3*1H,2H2;/q3*-1;. The van der Waals surface area contributed by atoms with Gasteiger partial charge in [-0.2, -0.15) is 0 Å². The van der Waals surface area contributed by atoms with E-state index in [0.717, 1.165) is 0 Å². The molecule has 0 heterocycles. The van der Waals surface area contributed by atoms with Gasteiger partial charge < -0.3 is 35.1 Å². The Labute approximate surface area is 55.2 Å². The van der Waals surface area contributed by atoms with Crippen molar-refractivity contribution < 1.29 is 19.5 Å². The molecule has 9 N–H and O–H groups in total. The van der Waals surface area contributed by atoms with Crippen molar-refractivity contribution in [1.29, 1.82) is 0 Å². The zero-order chi connectivity index (χ0) is 6.00. The first-order valence-electron chi connectivity index (χ1n) is 0.866. The van der Waals surface area contributed by atoms with Gasteiger partial charge in [-0.3, -0.25) is 0 Å². The van der Waals surface area contributed by atoms with Crippen molar-refractivity contribution in [3.05, 3.63) is 17.5 Å². The van der Waals surface area contributed by atoms with Crippen LogP contribution in [0.15, 0.2) is 0 Å². The van der Waals surface area contributed by atoms with Crippen molar-refractivity contribution in [3.63, 3.8) is 0 Å². The Morgan fingerprint density at radius 1 is 0.571 bits per heavy atom. The minimum Gasteiger partial charge on any atom is -0.615 e. The Kier molecular flexibility index (Phi) is 4730. The van der Waals surface area contributed by atoms with Crippen LogP contribution in [0.1, 0.15) is 0 Å². The number of hydrogen-bond acceptors (Lipinski definition) is 3. The van der Waals surface area contributed by atoms with E-state index in [1.165, 1.54) is 0 Å². The van der Waals surface area contributed by atoms with Crippen molar-refractivity contribution in [3.8, 4) is 0 Å². The van der Waals surface area contributed by atoms with Crippen LogP contribution in [0.2, 0.25) is 0 Å². The first-order chi connectivity index (χ1) is 3.00. The second-order valence-corrected chi connectivity index (χ2v) is 0. The summed E-state index contributed by atoms with van der Waals surface area (Å²) in [7, 11) is 0. The molecule has 0 fully saturated rings. The van der Waals surface area contributed by atoms with Crippen molar-refractivity contribution in [2.75, 3.05) is 0 Å². The first kappa shape index (κ1) is 26.3. The molecule has 0 rings (SSSR count). The molecule has 0 amide bonds. The van der Waals surface area contributed by atoms with Gasteiger partial charge in [-0.1, -0.05) is 0 Å². The molecule has 0 aromatic rings. The fourth-order valence-electron chi connectivity index (χ4n) is 0. The van der Waals surface area contributed by atoms with Crippen LogP contribution in [0.5, 0.6) is 0 Å². The Morgan fingerprint density at radius 2 is 0.571 bits per heavy atom. The number of rotatable bonds is 0. The molecule has 0 spiro atoms. The van der Waals surface area contributed by atoms with Gasteiger partial charge in [0.05, 0.1) is 0 Å². The largest absolute Gasteiger partial charge is 0.615 e. The second-order valence-electron chi connectivity index (χ2n) is 0. The van der Waals surface area contributed by atoms with Crippen molar-refractivity contribution in [2.24, 2.45) is 17.5 Å². The maximum absolute atomic E-state index is 5.25. The predicted molar refractivity (Wildman–Crippen MR) is 25.5 cm³/mol. The molecule has 0 aliphatic rings. The molecule has 44 valence electrons. The Bertz CT molecular complexity index is 4.14. The van der Waals surface area contributed by atoms with E-state index < -0.39 is 0 Å².